The molecule has 0 saturated carbocycles. The molecule has 2 saturated heterocycles. The Bertz CT molecular complexity index is 534. The molecule has 1 unspecified atom stereocenters. The summed E-state index contributed by atoms with van der Waals surface area (Å²) in [6.45, 7) is 7.79. The summed E-state index contributed by atoms with van der Waals surface area (Å²) in [5.74, 6) is -0.147. The summed E-state index contributed by atoms with van der Waals surface area (Å²) in [5.41, 5.74) is 1.66. The SMILES string of the molecule is CC1(CO)CCCN(Cc2ccc(N3CCOCC3)c(F)c2)C1. The monoisotopic (exact) mass is 322 g/mol. The summed E-state index contributed by atoms with van der Waals surface area (Å²) in [5, 5.41) is 9.56. The zero-order valence-corrected chi connectivity index (χ0v) is 13.9. The number of benzene rings is 1. The highest BCUT2D eigenvalue weighted by Crippen LogP contribution is 2.30. The standard InChI is InChI=1S/C18H27FN2O2/c1-18(14-22)5-2-6-20(13-18)12-15-3-4-17(16(19)11-15)21-7-9-23-10-8-21/h3-4,11,22H,2,5-10,12-14H2,1H3. The Morgan fingerprint density at radius 2 is 2.04 bits per heavy atom. The quantitative estimate of drug-likeness (QED) is 0.922. The smallest absolute Gasteiger partial charge is 0.146 e. The van der Waals surface area contributed by atoms with Crippen LogP contribution in [-0.2, 0) is 11.3 Å². The lowest BCUT2D eigenvalue weighted by atomic mass is 9.82. The fourth-order valence-electron chi connectivity index (χ4n) is 3.66. The van der Waals surface area contributed by atoms with Gasteiger partial charge in [-0.1, -0.05) is 13.0 Å². The number of morpholine rings is 1. The van der Waals surface area contributed by atoms with Gasteiger partial charge in [0.1, 0.15) is 5.82 Å². The number of likely N-dealkylation sites (tertiary alicyclic amines) is 1. The highest BCUT2D eigenvalue weighted by molar-refractivity contribution is 5.49. The molecule has 2 aliphatic rings. The normalized spacial score (nSPS) is 26.5. The minimum Gasteiger partial charge on any atom is -0.396 e. The first-order chi connectivity index (χ1) is 11.1. The van der Waals surface area contributed by atoms with Crippen LogP contribution < -0.4 is 4.90 Å². The van der Waals surface area contributed by atoms with E-state index in [0.717, 1.165) is 51.1 Å². The number of ether oxygens (including phenoxy) is 1. The Morgan fingerprint density at radius 3 is 2.74 bits per heavy atom. The molecule has 5 heteroatoms. The van der Waals surface area contributed by atoms with Gasteiger partial charge in [0.05, 0.1) is 18.9 Å². The van der Waals surface area contributed by atoms with E-state index < -0.39 is 0 Å². The molecular formula is C18H27FN2O2. The molecule has 1 N–H and O–H groups in total. The van der Waals surface area contributed by atoms with Crippen molar-refractivity contribution < 1.29 is 14.2 Å². The van der Waals surface area contributed by atoms with Crippen LogP contribution >= 0.6 is 0 Å². The topological polar surface area (TPSA) is 35.9 Å². The summed E-state index contributed by atoms with van der Waals surface area (Å²) < 4.78 is 19.8. The maximum absolute atomic E-state index is 14.5. The van der Waals surface area contributed by atoms with Gasteiger partial charge in [0.2, 0.25) is 0 Å². The third-order valence-corrected chi connectivity index (χ3v) is 5.01. The van der Waals surface area contributed by atoms with Gasteiger partial charge in [-0.25, -0.2) is 4.39 Å². The Morgan fingerprint density at radius 1 is 1.26 bits per heavy atom. The van der Waals surface area contributed by atoms with Crippen LogP contribution in [0.15, 0.2) is 18.2 Å². The van der Waals surface area contributed by atoms with Crippen LogP contribution in [0.2, 0.25) is 0 Å². The van der Waals surface area contributed by atoms with E-state index in [1.54, 1.807) is 6.07 Å². The minimum absolute atomic E-state index is 0.0233. The van der Waals surface area contributed by atoms with Gasteiger partial charge in [-0.05, 0) is 37.1 Å². The second-order valence-corrected chi connectivity index (χ2v) is 7.17. The molecule has 128 valence electrons. The van der Waals surface area contributed by atoms with Crippen LogP contribution in [0, 0.1) is 11.2 Å². The number of hydrogen-bond acceptors (Lipinski definition) is 4. The Kier molecular flexibility index (Phi) is 5.19. The lowest BCUT2D eigenvalue weighted by Gasteiger charge is -2.39. The van der Waals surface area contributed by atoms with E-state index in [2.05, 4.69) is 11.8 Å². The predicted octanol–water partition coefficient (Wildman–Crippen LogP) is 2.26. The van der Waals surface area contributed by atoms with Crippen molar-refractivity contribution in [3.05, 3.63) is 29.6 Å². The summed E-state index contributed by atoms with van der Waals surface area (Å²) >= 11 is 0. The summed E-state index contributed by atoms with van der Waals surface area (Å²) in [7, 11) is 0. The zero-order valence-electron chi connectivity index (χ0n) is 13.9. The molecule has 0 aliphatic carbocycles. The molecule has 0 radical (unpaired) electrons. The number of halogens is 1. The number of piperidine rings is 1. The summed E-state index contributed by atoms with van der Waals surface area (Å²) in [6.07, 6.45) is 2.15. The maximum atomic E-state index is 14.5. The summed E-state index contributed by atoms with van der Waals surface area (Å²) in [4.78, 5) is 4.37. The van der Waals surface area contributed by atoms with Crippen molar-refractivity contribution in [3.8, 4) is 0 Å². The molecule has 0 amide bonds. The van der Waals surface area contributed by atoms with Crippen molar-refractivity contribution >= 4 is 5.69 Å². The van der Waals surface area contributed by atoms with Crippen LogP contribution in [0.5, 0.6) is 0 Å². The first-order valence-electron chi connectivity index (χ1n) is 8.54. The number of anilines is 1. The highest BCUT2D eigenvalue weighted by Gasteiger charge is 2.30. The molecule has 1 atom stereocenters. The van der Waals surface area contributed by atoms with Crippen molar-refractivity contribution in [3.63, 3.8) is 0 Å². The first-order valence-corrected chi connectivity index (χ1v) is 8.54. The minimum atomic E-state index is -0.147. The largest absolute Gasteiger partial charge is 0.396 e. The summed E-state index contributed by atoms with van der Waals surface area (Å²) in [6, 6.07) is 5.58. The number of aliphatic hydroxyl groups is 1. The lowest BCUT2D eigenvalue weighted by molar-refractivity contribution is 0.0429. The number of hydrogen-bond donors (Lipinski definition) is 1. The Balaban J connectivity index is 1.65. The van der Waals surface area contributed by atoms with Crippen LogP contribution in [-0.4, -0.2) is 56.0 Å². The molecule has 23 heavy (non-hydrogen) atoms. The van der Waals surface area contributed by atoms with Gasteiger partial charge in [0.15, 0.2) is 0 Å². The third-order valence-electron chi connectivity index (χ3n) is 5.01. The van der Waals surface area contributed by atoms with E-state index >= 15 is 0 Å². The van der Waals surface area contributed by atoms with Crippen LogP contribution in [0.3, 0.4) is 0 Å². The first kappa shape index (κ1) is 16.7. The average molecular weight is 322 g/mol. The number of rotatable bonds is 4. The Labute approximate surface area is 137 Å². The van der Waals surface area contributed by atoms with E-state index in [9.17, 15) is 9.50 Å². The number of nitrogens with zero attached hydrogens (tertiary/aromatic N) is 2. The van der Waals surface area contributed by atoms with Gasteiger partial charge in [-0.3, -0.25) is 4.90 Å². The molecule has 3 rings (SSSR count). The van der Waals surface area contributed by atoms with Crippen molar-refractivity contribution in [1.82, 2.24) is 4.90 Å². The zero-order chi connectivity index (χ0) is 16.3. The Hall–Kier alpha value is -1.17. The van der Waals surface area contributed by atoms with Crippen molar-refractivity contribution in [2.24, 2.45) is 5.41 Å². The van der Waals surface area contributed by atoms with Crippen molar-refractivity contribution in [2.45, 2.75) is 26.3 Å². The molecular weight excluding hydrogens is 295 g/mol. The molecule has 0 bridgehead atoms. The molecule has 2 heterocycles. The predicted molar refractivity (Wildman–Crippen MR) is 89.1 cm³/mol. The molecule has 0 aromatic heterocycles. The second-order valence-electron chi connectivity index (χ2n) is 7.17. The molecule has 2 aliphatic heterocycles. The van der Waals surface area contributed by atoms with Crippen LogP contribution in [0.25, 0.3) is 0 Å². The van der Waals surface area contributed by atoms with Gasteiger partial charge in [-0.15, -0.1) is 0 Å². The van der Waals surface area contributed by atoms with Gasteiger partial charge in [0.25, 0.3) is 0 Å². The van der Waals surface area contributed by atoms with E-state index in [0.29, 0.717) is 18.9 Å². The molecule has 0 spiro atoms. The van der Waals surface area contributed by atoms with Crippen LogP contribution in [0.4, 0.5) is 10.1 Å². The van der Waals surface area contributed by atoms with Gasteiger partial charge >= 0.3 is 0 Å². The van der Waals surface area contributed by atoms with Gasteiger partial charge < -0.3 is 14.7 Å². The highest BCUT2D eigenvalue weighted by atomic mass is 19.1. The number of aliphatic hydroxyl groups excluding tert-OH is 1. The average Bonchev–Trinajstić information content (AvgIpc) is 2.56. The molecule has 1 aromatic rings. The fourth-order valence-corrected chi connectivity index (χ4v) is 3.66. The van der Waals surface area contributed by atoms with E-state index in [1.807, 2.05) is 17.0 Å². The van der Waals surface area contributed by atoms with E-state index in [4.69, 9.17) is 4.74 Å². The van der Waals surface area contributed by atoms with E-state index in [-0.39, 0.29) is 17.8 Å². The van der Waals surface area contributed by atoms with Crippen LogP contribution in [0.1, 0.15) is 25.3 Å². The molecule has 4 nitrogen and oxygen atoms in total. The molecule has 2 fully saturated rings. The lowest BCUT2D eigenvalue weighted by Crippen LogP contribution is -2.43. The fraction of sp³-hybridized carbons (Fsp3) is 0.667. The van der Waals surface area contributed by atoms with Gasteiger partial charge in [-0.2, -0.15) is 0 Å². The van der Waals surface area contributed by atoms with E-state index in [1.165, 1.54) is 0 Å². The second kappa shape index (κ2) is 7.16. The van der Waals surface area contributed by atoms with Gasteiger partial charge in [0, 0.05) is 38.2 Å². The molecule has 1 aromatic carbocycles. The maximum Gasteiger partial charge on any atom is 0.146 e. The van der Waals surface area contributed by atoms with Crippen molar-refractivity contribution in [2.75, 3.05) is 50.9 Å². The third kappa shape index (κ3) is 4.03. The van der Waals surface area contributed by atoms with Crippen molar-refractivity contribution in [1.29, 1.82) is 0 Å².